The number of piperidine rings is 1. The molecule has 0 spiro atoms. The number of rotatable bonds is 13. The Morgan fingerprint density at radius 2 is 1.56 bits per heavy atom. The average Bonchev–Trinajstić information content (AvgIpc) is 3.16. The van der Waals surface area contributed by atoms with Gasteiger partial charge in [-0.25, -0.2) is 0 Å². The van der Waals surface area contributed by atoms with Gasteiger partial charge >= 0.3 is 5.97 Å². The molecule has 1 amide bonds. The summed E-state index contributed by atoms with van der Waals surface area (Å²) in [6, 6.07) is 31.5. The first kappa shape index (κ1) is 37.7. The van der Waals surface area contributed by atoms with E-state index in [1.54, 1.807) is 0 Å². The number of likely N-dealkylation sites (tertiary alicyclic amines) is 1. The van der Waals surface area contributed by atoms with Gasteiger partial charge in [0.25, 0.3) is 0 Å². The fraction of sp³-hybridized carbons (Fsp3) is 0.381. The van der Waals surface area contributed by atoms with E-state index < -0.39 is 17.9 Å². The van der Waals surface area contributed by atoms with Gasteiger partial charge in [0.1, 0.15) is 0 Å². The highest BCUT2D eigenvalue weighted by molar-refractivity contribution is 6.30. The molecule has 6 rings (SSSR count). The molecule has 0 aliphatic carbocycles. The van der Waals surface area contributed by atoms with Crippen LogP contribution in [0, 0.1) is 5.92 Å². The Morgan fingerprint density at radius 3 is 2.25 bits per heavy atom. The van der Waals surface area contributed by atoms with Gasteiger partial charge < -0.3 is 35.0 Å². The second-order valence-corrected chi connectivity index (χ2v) is 14.4. The van der Waals surface area contributed by atoms with E-state index in [4.69, 9.17) is 26.2 Å². The van der Waals surface area contributed by atoms with Crippen LogP contribution in [0.4, 0.5) is 0 Å². The van der Waals surface area contributed by atoms with Gasteiger partial charge in [-0.15, -0.1) is 0 Å². The minimum atomic E-state index is -0.907. The van der Waals surface area contributed by atoms with Crippen LogP contribution >= 0.6 is 11.6 Å². The highest BCUT2D eigenvalue weighted by atomic mass is 35.5. The second kappa shape index (κ2) is 17.2. The molecule has 0 aromatic heterocycles. The third-order valence-corrected chi connectivity index (χ3v) is 10.6. The largest absolute Gasteiger partial charge is 0.481 e. The molecule has 4 aromatic rings. The Morgan fingerprint density at radius 1 is 0.865 bits per heavy atom. The number of aliphatic hydroxyl groups is 2. The lowest BCUT2D eigenvalue weighted by Gasteiger charge is -2.45. The predicted molar refractivity (Wildman–Crippen MR) is 199 cm³/mol. The topological polar surface area (TPSA) is 129 Å². The fourth-order valence-corrected chi connectivity index (χ4v) is 7.28. The van der Waals surface area contributed by atoms with Crippen molar-refractivity contribution in [2.24, 2.45) is 5.92 Å². The van der Waals surface area contributed by atoms with Gasteiger partial charge in [0.2, 0.25) is 5.91 Å². The first-order chi connectivity index (χ1) is 25.1. The van der Waals surface area contributed by atoms with E-state index in [2.05, 4.69) is 23.2 Å². The van der Waals surface area contributed by atoms with Crippen molar-refractivity contribution in [2.45, 2.75) is 76.3 Å². The van der Waals surface area contributed by atoms with Crippen LogP contribution < -0.4 is 5.32 Å². The molecular formula is C42H47ClN2O7. The molecule has 0 bridgehead atoms. The molecule has 4 atom stereocenters. The zero-order valence-electron chi connectivity index (χ0n) is 29.4. The highest BCUT2D eigenvalue weighted by Gasteiger charge is 2.41. The van der Waals surface area contributed by atoms with E-state index in [0.29, 0.717) is 37.4 Å². The number of nitrogens with one attached hydrogen (secondary N) is 1. The van der Waals surface area contributed by atoms with Crippen molar-refractivity contribution in [1.29, 1.82) is 0 Å². The number of carbonyl (C=O) groups is 2. The lowest BCUT2D eigenvalue weighted by atomic mass is 9.84. The van der Waals surface area contributed by atoms with E-state index in [9.17, 15) is 19.8 Å². The Kier molecular flexibility index (Phi) is 12.4. The summed E-state index contributed by atoms with van der Waals surface area (Å²) in [6.07, 6.45) is 0.622. The Labute approximate surface area is 310 Å². The SMILES string of the molecule is C[C@@H]1[C@H](CN2CCC(O)(c3ccc(Cl)cc3)CC2)O[C@H](c2cccc(-c3cccc(CNC(=O)CCCC(=O)O)c3)c2)O[C@@H]1c1ccc(CO)cc1. The molecule has 2 aliphatic rings. The number of hydrogen-bond donors (Lipinski definition) is 4. The molecule has 9 nitrogen and oxygen atoms in total. The number of benzene rings is 4. The number of halogens is 1. The zero-order valence-corrected chi connectivity index (χ0v) is 30.2. The maximum Gasteiger partial charge on any atom is 0.303 e. The predicted octanol–water partition coefficient (Wildman–Crippen LogP) is 7.15. The van der Waals surface area contributed by atoms with Gasteiger partial charge in [-0.05, 0) is 76.9 Å². The first-order valence-corrected chi connectivity index (χ1v) is 18.4. The molecule has 2 aliphatic heterocycles. The van der Waals surface area contributed by atoms with Crippen LogP contribution in [-0.2, 0) is 37.8 Å². The molecule has 0 saturated carbocycles. The van der Waals surface area contributed by atoms with Gasteiger partial charge in [-0.3, -0.25) is 9.59 Å². The number of carbonyl (C=O) groups excluding carboxylic acids is 1. The van der Waals surface area contributed by atoms with Crippen molar-refractivity contribution in [2.75, 3.05) is 19.6 Å². The second-order valence-electron chi connectivity index (χ2n) is 14.0. The van der Waals surface area contributed by atoms with Crippen molar-refractivity contribution >= 4 is 23.5 Å². The summed E-state index contributed by atoms with van der Waals surface area (Å²) in [5, 5.41) is 33.5. The van der Waals surface area contributed by atoms with Crippen molar-refractivity contribution < 1.29 is 34.4 Å². The summed E-state index contributed by atoms with van der Waals surface area (Å²) >= 11 is 6.10. The lowest BCUT2D eigenvalue weighted by molar-refractivity contribution is -0.277. The van der Waals surface area contributed by atoms with Crippen LogP contribution in [-0.4, -0.2) is 57.8 Å². The molecule has 4 N–H and O–H groups in total. The number of carboxylic acids is 1. The fourth-order valence-electron chi connectivity index (χ4n) is 7.15. The normalized spacial score (nSPS) is 21.8. The molecule has 0 radical (unpaired) electrons. The van der Waals surface area contributed by atoms with E-state index in [-0.39, 0.29) is 43.5 Å². The van der Waals surface area contributed by atoms with Gasteiger partial charge in [0.15, 0.2) is 6.29 Å². The number of ether oxygens (including phenoxy) is 2. The van der Waals surface area contributed by atoms with Crippen LogP contribution in [0.3, 0.4) is 0 Å². The minimum Gasteiger partial charge on any atom is -0.481 e. The van der Waals surface area contributed by atoms with E-state index >= 15 is 0 Å². The number of hydrogen-bond acceptors (Lipinski definition) is 7. The van der Waals surface area contributed by atoms with Crippen molar-refractivity contribution in [3.8, 4) is 11.1 Å². The zero-order chi connectivity index (χ0) is 36.7. The van der Waals surface area contributed by atoms with E-state index in [1.165, 1.54) is 0 Å². The van der Waals surface area contributed by atoms with Crippen molar-refractivity contribution in [1.82, 2.24) is 10.2 Å². The third kappa shape index (κ3) is 9.46. The van der Waals surface area contributed by atoms with Gasteiger partial charge in [0, 0.05) is 55.5 Å². The average molecular weight is 727 g/mol. The standard InChI is InChI=1S/C42H47ClN2O7/c1-28-37(26-45-21-19-42(50,20-22-45)35-15-17-36(43)18-16-35)51-41(52-40(28)31-13-11-29(27-46)12-14-31)34-8-3-7-33(24-34)32-6-2-5-30(23-32)25-44-38(47)9-4-10-39(48)49/h2-3,5-8,11-18,23-24,28,37,40-41,46,50H,4,9-10,19-22,25-27H2,1H3,(H,44,47)(H,48,49)/t28-,37+,40+,41+/m1/s1. The molecule has 0 unspecified atom stereocenters. The van der Waals surface area contributed by atoms with Crippen LogP contribution in [0.1, 0.15) is 79.2 Å². The molecule has 2 fully saturated rings. The molecule has 4 aromatic carbocycles. The maximum atomic E-state index is 12.2. The summed E-state index contributed by atoms with van der Waals surface area (Å²) in [5.41, 5.74) is 5.64. The van der Waals surface area contributed by atoms with Crippen LogP contribution in [0.5, 0.6) is 0 Å². The number of aliphatic hydroxyl groups excluding tert-OH is 1. The molecule has 2 saturated heterocycles. The quantitative estimate of drug-likeness (QED) is 0.114. The number of carboxylic acid groups (broad SMARTS) is 1. The van der Waals surface area contributed by atoms with Gasteiger partial charge in [-0.1, -0.05) is 91.3 Å². The van der Waals surface area contributed by atoms with Gasteiger partial charge in [-0.2, -0.15) is 0 Å². The summed E-state index contributed by atoms with van der Waals surface area (Å²) < 4.78 is 13.5. The number of nitrogens with zero attached hydrogens (tertiary/aromatic N) is 1. The third-order valence-electron chi connectivity index (χ3n) is 10.3. The van der Waals surface area contributed by atoms with Crippen LogP contribution in [0.25, 0.3) is 11.1 Å². The van der Waals surface area contributed by atoms with Crippen LogP contribution in [0.15, 0.2) is 97.1 Å². The molecule has 2 heterocycles. The van der Waals surface area contributed by atoms with Crippen molar-refractivity contribution in [3.05, 3.63) is 130 Å². The van der Waals surface area contributed by atoms with Gasteiger partial charge in [0.05, 0.1) is 24.4 Å². The Balaban J connectivity index is 1.18. The summed E-state index contributed by atoms with van der Waals surface area (Å²) in [7, 11) is 0. The monoisotopic (exact) mass is 726 g/mol. The van der Waals surface area contributed by atoms with E-state index in [1.807, 2.05) is 91.0 Å². The first-order valence-electron chi connectivity index (χ1n) is 18.0. The summed E-state index contributed by atoms with van der Waals surface area (Å²) in [4.78, 5) is 25.4. The lowest BCUT2D eigenvalue weighted by Crippen LogP contribution is -2.49. The van der Waals surface area contributed by atoms with E-state index in [0.717, 1.165) is 52.0 Å². The number of aliphatic carboxylic acids is 1. The maximum absolute atomic E-state index is 12.2. The molecule has 274 valence electrons. The van der Waals surface area contributed by atoms with Crippen molar-refractivity contribution in [3.63, 3.8) is 0 Å². The van der Waals surface area contributed by atoms with Crippen LogP contribution in [0.2, 0.25) is 5.02 Å². The summed E-state index contributed by atoms with van der Waals surface area (Å²) in [5.74, 6) is -1.06. The molecule has 52 heavy (non-hydrogen) atoms. The smallest absolute Gasteiger partial charge is 0.303 e. The molecule has 10 heteroatoms. The minimum absolute atomic E-state index is 0.0208. The Hall–Kier alpha value is -4.09. The Bertz CT molecular complexity index is 1810. The molecular weight excluding hydrogens is 680 g/mol. The summed E-state index contributed by atoms with van der Waals surface area (Å²) in [6.45, 7) is 4.61. The highest BCUT2D eigenvalue weighted by Crippen LogP contribution is 2.43. The number of amides is 1.